The van der Waals surface area contributed by atoms with Crippen LogP contribution in [-0.2, 0) is 0 Å². The number of rotatable bonds is 3. The summed E-state index contributed by atoms with van der Waals surface area (Å²) in [6.07, 6.45) is 1.84. The van der Waals surface area contributed by atoms with Crippen LogP contribution < -0.4 is 0 Å². The van der Waals surface area contributed by atoms with Crippen molar-refractivity contribution in [1.82, 2.24) is 4.98 Å². The van der Waals surface area contributed by atoms with Crippen molar-refractivity contribution in [3.63, 3.8) is 0 Å². The number of nitriles is 1. The van der Waals surface area contributed by atoms with Crippen LogP contribution in [-0.4, -0.2) is 4.98 Å². The molecule has 0 atom stereocenters. The van der Waals surface area contributed by atoms with Crippen LogP contribution in [0.3, 0.4) is 0 Å². The van der Waals surface area contributed by atoms with E-state index in [1.54, 1.807) is 12.1 Å². The van der Waals surface area contributed by atoms with E-state index in [0.29, 0.717) is 20.6 Å². The van der Waals surface area contributed by atoms with Gasteiger partial charge in [-0.25, -0.2) is 4.98 Å². The molecule has 0 aliphatic carbocycles. The van der Waals surface area contributed by atoms with E-state index in [1.165, 1.54) is 16.9 Å². The van der Waals surface area contributed by atoms with Gasteiger partial charge in [0, 0.05) is 16.0 Å². The quantitative estimate of drug-likeness (QED) is 0.494. The van der Waals surface area contributed by atoms with Gasteiger partial charge in [0.15, 0.2) is 0 Å². The molecule has 1 aromatic heterocycles. The van der Waals surface area contributed by atoms with E-state index in [-0.39, 0.29) is 0 Å². The molecule has 0 fully saturated rings. The third-order valence-electron chi connectivity index (χ3n) is 3.45. The fourth-order valence-corrected chi connectivity index (χ4v) is 3.48. The summed E-state index contributed by atoms with van der Waals surface area (Å²) in [7, 11) is 0. The minimum atomic E-state index is 0.528. The highest BCUT2D eigenvalue weighted by atomic mass is 35.5. The van der Waals surface area contributed by atoms with Crippen LogP contribution in [0.15, 0.2) is 47.8 Å². The SMILES string of the molecule is Cc1ccc(/C=C(\C#N)c2nc(-c3ccc(Cl)cc3Cl)cs2)cc1. The fourth-order valence-electron chi connectivity index (χ4n) is 2.19. The maximum Gasteiger partial charge on any atom is 0.134 e. The minimum absolute atomic E-state index is 0.528. The summed E-state index contributed by atoms with van der Waals surface area (Å²) in [4.78, 5) is 4.56. The van der Waals surface area contributed by atoms with Gasteiger partial charge in [-0.15, -0.1) is 11.3 Å². The Morgan fingerprint density at radius 2 is 1.92 bits per heavy atom. The van der Waals surface area contributed by atoms with Crippen molar-refractivity contribution in [2.45, 2.75) is 6.92 Å². The second kappa shape index (κ2) is 7.19. The van der Waals surface area contributed by atoms with E-state index in [2.05, 4.69) is 11.1 Å². The van der Waals surface area contributed by atoms with Crippen LogP contribution in [0.4, 0.5) is 0 Å². The van der Waals surface area contributed by atoms with Gasteiger partial charge >= 0.3 is 0 Å². The Morgan fingerprint density at radius 1 is 1.17 bits per heavy atom. The van der Waals surface area contributed by atoms with E-state index in [4.69, 9.17) is 23.2 Å². The first-order chi connectivity index (χ1) is 11.6. The molecule has 0 amide bonds. The summed E-state index contributed by atoms with van der Waals surface area (Å²) in [5, 5.41) is 13.2. The molecule has 3 aromatic rings. The van der Waals surface area contributed by atoms with E-state index >= 15 is 0 Å². The number of halogens is 2. The Hall–Kier alpha value is -2.12. The monoisotopic (exact) mass is 370 g/mol. The topological polar surface area (TPSA) is 36.7 Å². The zero-order valence-corrected chi connectivity index (χ0v) is 15.1. The lowest BCUT2D eigenvalue weighted by atomic mass is 10.1. The molecule has 24 heavy (non-hydrogen) atoms. The van der Waals surface area contributed by atoms with Gasteiger partial charge in [0.2, 0.25) is 0 Å². The molecule has 0 saturated carbocycles. The molecular formula is C19H12Cl2N2S. The standard InChI is InChI=1S/C19H12Cl2N2S/c1-12-2-4-13(5-3-12)8-14(10-22)19-23-18(11-24-19)16-7-6-15(20)9-17(16)21/h2-9,11H,1H3/b14-8+. The molecule has 0 N–H and O–H groups in total. The van der Waals surface area contributed by atoms with Crippen LogP contribution in [0.1, 0.15) is 16.1 Å². The van der Waals surface area contributed by atoms with Crippen molar-refractivity contribution in [2.75, 3.05) is 0 Å². The fraction of sp³-hybridized carbons (Fsp3) is 0.0526. The van der Waals surface area contributed by atoms with Gasteiger partial charge in [0.25, 0.3) is 0 Å². The van der Waals surface area contributed by atoms with Gasteiger partial charge in [-0.05, 0) is 36.8 Å². The van der Waals surface area contributed by atoms with Crippen molar-refractivity contribution in [1.29, 1.82) is 5.26 Å². The molecule has 0 aliphatic rings. The van der Waals surface area contributed by atoms with Crippen LogP contribution in [0.25, 0.3) is 22.9 Å². The third-order valence-corrected chi connectivity index (χ3v) is 4.87. The average Bonchev–Trinajstić information content (AvgIpc) is 3.04. The summed E-state index contributed by atoms with van der Waals surface area (Å²) >= 11 is 13.6. The average molecular weight is 371 g/mol. The second-order valence-corrected chi connectivity index (χ2v) is 6.94. The van der Waals surface area contributed by atoms with Gasteiger partial charge in [-0.1, -0.05) is 53.0 Å². The lowest BCUT2D eigenvalue weighted by Gasteiger charge is -2.01. The molecule has 0 aliphatic heterocycles. The van der Waals surface area contributed by atoms with Gasteiger partial charge in [-0.3, -0.25) is 0 Å². The van der Waals surface area contributed by atoms with E-state index < -0.39 is 0 Å². The van der Waals surface area contributed by atoms with E-state index in [0.717, 1.165) is 16.8 Å². The van der Waals surface area contributed by atoms with Crippen molar-refractivity contribution in [2.24, 2.45) is 0 Å². The Bertz CT molecular complexity index is 950. The highest BCUT2D eigenvalue weighted by Crippen LogP contribution is 2.33. The van der Waals surface area contributed by atoms with Crippen molar-refractivity contribution < 1.29 is 0 Å². The highest BCUT2D eigenvalue weighted by molar-refractivity contribution is 7.11. The minimum Gasteiger partial charge on any atom is -0.235 e. The number of nitrogens with zero attached hydrogens (tertiary/aromatic N) is 2. The van der Waals surface area contributed by atoms with E-state index in [1.807, 2.05) is 48.7 Å². The molecule has 0 saturated heterocycles. The lowest BCUT2D eigenvalue weighted by molar-refractivity contribution is 1.37. The number of hydrogen-bond donors (Lipinski definition) is 0. The van der Waals surface area contributed by atoms with Gasteiger partial charge < -0.3 is 0 Å². The predicted molar refractivity (Wildman–Crippen MR) is 102 cm³/mol. The molecule has 0 bridgehead atoms. The van der Waals surface area contributed by atoms with Crippen LogP contribution in [0.5, 0.6) is 0 Å². The number of benzene rings is 2. The molecule has 0 unspecified atom stereocenters. The second-order valence-electron chi connectivity index (χ2n) is 5.24. The molecule has 2 nitrogen and oxygen atoms in total. The molecule has 5 heteroatoms. The maximum atomic E-state index is 9.47. The largest absolute Gasteiger partial charge is 0.235 e. The Kier molecular flexibility index (Phi) is 5.01. The Morgan fingerprint density at radius 3 is 2.58 bits per heavy atom. The number of aryl methyl sites for hydroxylation is 1. The first kappa shape index (κ1) is 16.7. The predicted octanol–water partition coefficient (Wildman–Crippen LogP) is 6.49. The number of aromatic nitrogens is 1. The molecule has 2 aromatic carbocycles. The van der Waals surface area contributed by atoms with Gasteiger partial charge in [-0.2, -0.15) is 5.26 Å². The Balaban J connectivity index is 1.96. The molecule has 3 rings (SSSR count). The van der Waals surface area contributed by atoms with Gasteiger partial charge in [0.05, 0.1) is 16.3 Å². The zero-order valence-electron chi connectivity index (χ0n) is 12.8. The molecule has 118 valence electrons. The molecular weight excluding hydrogens is 359 g/mol. The van der Waals surface area contributed by atoms with Crippen LogP contribution in [0, 0.1) is 18.3 Å². The van der Waals surface area contributed by atoms with E-state index in [9.17, 15) is 5.26 Å². The molecule has 0 spiro atoms. The maximum absolute atomic E-state index is 9.47. The van der Waals surface area contributed by atoms with Crippen molar-refractivity contribution in [3.8, 4) is 17.3 Å². The van der Waals surface area contributed by atoms with Crippen molar-refractivity contribution in [3.05, 3.63) is 74.0 Å². The zero-order chi connectivity index (χ0) is 17.1. The summed E-state index contributed by atoms with van der Waals surface area (Å²) in [6.45, 7) is 2.03. The number of thiazole rings is 1. The first-order valence-electron chi connectivity index (χ1n) is 7.16. The lowest BCUT2D eigenvalue weighted by Crippen LogP contribution is -1.84. The van der Waals surface area contributed by atoms with Gasteiger partial charge in [0.1, 0.15) is 11.1 Å². The highest BCUT2D eigenvalue weighted by Gasteiger charge is 2.11. The summed E-state index contributed by atoms with van der Waals surface area (Å²) in [5.41, 5.74) is 4.22. The first-order valence-corrected chi connectivity index (χ1v) is 8.80. The normalized spacial score (nSPS) is 11.3. The third kappa shape index (κ3) is 3.68. The number of hydrogen-bond acceptors (Lipinski definition) is 3. The smallest absolute Gasteiger partial charge is 0.134 e. The summed E-state index contributed by atoms with van der Waals surface area (Å²) in [5.74, 6) is 0. The Labute approximate surface area is 154 Å². The summed E-state index contributed by atoms with van der Waals surface area (Å²) < 4.78 is 0. The molecule has 1 heterocycles. The molecule has 0 radical (unpaired) electrons. The van der Waals surface area contributed by atoms with Crippen molar-refractivity contribution >= 4 is 46.2 Å². The van der Waals surface area contributed by atoms with Crippen LogP contribution in [0.2, 0.25) is 10.0 Å². The summed E-state index contributed by atoms with van der Waals surface area (Å²) in [6, 6.07) is 15.5. The number of allylic oxidation sites excluding steroid dienone is 1. The van der Waals surface area contributed by atoms with Crippen LogP contribution >= 0.6 is 34.5 Å².